The number of hydrogen-bond acceptors (Lipinski definition) is 3. The smallest absolute Gasteiger partial charge is 0.251 e. The molecule has 0 aliphatic rings. The van der Waals surface area contributed by atoms with Crippen molar-refractivity contribution in [2.24, 2.45) is 0 Å². The van der Waals surface area contributed by atoms with Crippen LogP contribution in [0.1, 0.15) is 15.9 Å². The van der Waals surface area contributed by atoms with E-state index in [2.05, 4.69) is 10.6 Å². The molecule has 0 aliphatic carbocycles. The maximum absolute atomic E-state index is 13.5. The molecule has 0 atom stereocenters. The summed E-state index contributed by atoms with van der Waals surface area (Å²) in [7, 11) is 1.37. The van der Waals surface area contributed by atoms with Crippen molar-refractivity contribution < 1.29 is 23.1 Å². The average Bonchev–Trinajstić information content (AvgIpc) is 2.64. The first-order valence-corrected chi connectivity index (χ1v) is 7.83. The van der Waals surface area contributed by atoms with Crippen LogP contribution in [0.4, 0.5) is 8.78 Å². The number of rotatable bonds is 7. The molecule has 26 heavy (non-hydrogen) atoms. The highest BCUT2D eigenvalue weighted by atomic mass is 19.1. The molecule has 0 radical (unpaired) electrons. The zero-order chi connectivity index (χ0) is 18.9. The van der Waals surface area contributed by atoms with Crippen molar-refractivity contribution in [1.29, 1.82) is 0 Å². The van der Waals surface area contributed by atoms with Crippen LogP contribution in [-0.4, -0.2) is 32.0 Å². The molecular weight excluding hydrogens is 342 g/mol. The summed E-state index contributed by atoms with van der Waals surface area (Å²) in [4.78, 5) is 23.5. The SMILES string of the molecule is COc1ccc(C=CC(=O)NCCNC(=O)c2ccc(F)cc2)cc1F. The predicted molar refractivity (Wildman–Crippen MR) is 93.7 cm³/mol. The number of hydrogen-bond donors (Lipinski definition) is 2. The minimum absolute atomic E-state index is 0.128. The van der Waals surface area contributed by atoms with Gasteiger partial charge in [-0.2, -0.15) is 0 Å². The Morgan fingerprint density at radius 3 is 2.38 bits per heavy atom. The van der Waals surface area contributed by atoms with Gasteiger partial charge in [-0.1, -0.05) is 6.07 Å². The van der Waals surface area contributed by atoms with Crippen LogP contribution in [0.2, 0.25) is 0 Å². The standard InChI is InChI=1S/C19H18F2N2O3/c1-26-17-8-2-13(12-16(17)21)3-9-18(24)22-10-11-23-19(25)14-4-6-15(20)7-5-14/h2-9,12H,10-11H2,1H3,(H,22,24)(H,23,25). The van der Waals surface area contributed by atoms with E-state index in [9.17, 15) is 18.4 Å². The lowest BCUT2D eigenvalue weighted by Crippen LogP contribution is -2.33. The molecule has 2 aromatic rings. The van der Waals surface area contributed by atoms with Crippen LogP contribution in [0, 0.1) is 11.6 Å². The van der Waals surface area contributed by atoms with Gasteiger partial charge >= 0.3 is 0 Å². The first-order valence-electron chi connectivity index (χ1n) is 7.83. The second kappa shape index (κ2) is 9.31. The highest BCUT2D eigenvalue weighted by molar-refractivity contribution is 5.94. The Morgan fingerprint density at radius 2 is 1.73 bits per heavy atom. The van der Waals surface area contributed by atoms with Gasteiger partial charge in [-0.25, -0.2) is 8.78 Å². The summed E-state index contributed by atoms with van der Waals surface area (Å²) >= 11 is 0. The van der Waals surface area contributed by atoms with Gasteiger partial charge in [0, 0.05) is 24.7 Å². The Kier molecular flexibility index (Phi) is 6.84. The van der Waals surface area contributed by atoms with E-state index in [1.165, 1.54) is 55.7 Å². The molecule has 0 unspecified atom stereocenters. The summed E-state index contributed by atoms with van der Waals surface area (Å²) in [6, 6.07) is 9.49. The number of carbonyl (C=O) groups is 2. The molecule has 0 aromatic heterocycles. The molecule has 0 saturated heterocycles. The molecule has 136 valence electrons. The largest absolute Gasteiger partial charge is 0.494 e. The summed E-state index contributed by atoms with van der Waals surface area (Å²) in [5.74, 6) is -1.54. The normalized spacial score (nSPS) is 10.6. The maximum atomic E-state index is 13.5. The van der Waals surface area contributed by atoms with E-state index in [0.29, 0.717) is 11.1 Å². The number of amides is 2. The molecule has 2 N–H and O–H groups in total. The second-order valence-corrected chi connectivity index (χ2v) is 5.28. The zero-order valence-corrected chi connectivity index (χ0v) is 14.1. The molecular formula is C19H18F2N2O3. The minimum atomic E-state index is -0.515. The van der Waals surface area contributed by atoms with E-state index >= 15 is 0 Å². The lowest BCUT2D eigenvalue weighted by molar-refractivity contribution is -0.116. The van der Waals surface area contributed by atoms with Gasteiger partial charge in [0.15, 0.2) is 11.6 Å². The van der Waals surface area contributed by atoms with E-state index < -0.39 is 11.6 Å². The van der Waals surface area contributed by atoms with Gasteiger partial charge < -0.3 is 15.4 Å². The van der Waals surface area contributed by atoms with Crippen molar-refractivity contribution in [3.63, 3.8) is 0 Å². The predicted octanol–water partition coefficient (Wildman–Crippen LogP) is 2.53. The third-order valence-electron chi connectivity index (χ3n) is 3.42. The molecule has 0 saturated carbocycles. The summed E-state index contributed by atoms with van der Waals surface area (Å²) in [6.45, 7) is 0.431. The van der Waals surface area contributed by atoms with Crippen LogP contribution in [0.3, 0.4) is 0 Å². The molecule has 2 amide bonds. The fraction of sp³-hybridized carbons (Fsp3) is 0.158. The van der Waals surface area contributed by atoms with Crippen molar-refractivity contribution in [2.45, 2.75) is 0 Å². The molecule has 0 heterocycles. The maximum Gasteiger partial charge on any atom is 0.251 e. The second-order valence-electron chi connectivity index (χ2n) is 5.28. The van der Waals surface area contributed by atoms with E-state index in [1.54, 1.807) is 6.07 Å². The Morgan fingerprint density at radius 1 is 1.04 bits per heavy atom. The summed E-state index contributed by atoms with van der Waals surface area (Å²) in [5.41, 5.74) is 0.849. The van der Waals surface area contributed by atoms with Crippen molar-refractivity contribution in [3.05, 3.63) is 71.3 Å². The molecule has 0 bridgehead atoms. The van der Waals surface area contributed by atoms with Gasteiger partial charge in [0.2, 0.25) is 5.91 Å². The van der Waals surface area contributed by atoms with Gasteiger partial charge in [-0.3, -0.25) is 9.59 Å². The molecule has 0 fully saturated rings. The van der Waals surface area contributed by atoms with Gasteiger partial charge in [0.25, 0.3) is 5.91 Å². The van der Waals surface area contributed by atoms with Crippen molar-refractivity contribution in [3.8, 4) is 5.75 Å². The van der Waals surface area contributed by atoms with Crippen LogP contribution in [0.25, 0.3) is 6.08 Å². The number of nitrogens with one attached hydrogen (secondary N) is 2. The fourth-order valence-electron chi connectivity index (χ4n) is 2.08. The quantitative estimate of drug-likeness (QED) is 0.589. The monoisotopic (exact) mass is 360 g/mol. The topological polar surface area (TPSA) is 67.4 Å². The number of halogens is 2. The third-order valence-corrected chi connectivity index (χ3v) is 3.42. The van der Waals surface area contributed by atoms with Gasteiger partial charge in [0.05, 0.1) is 7.11 Å². The number of benzene rings is 2. The first kappa shape index (κ1) is 19.1. The third kappa shape index (κ3) is 5.70. The van der Waals surface area contributed by atoms with E-state index in [1.807, 2.05) is 0 Å². The van der Waals surface area contributed by atoms with Gasteiger partial charge in [0.1, 0.15) is 5.82 Å². The average molecular weight is 360 g/mol. The van der Waals surface area contributed by atoms with Crippen LogP contribution in [-0.2, 0) is 4.79 Å². The zero-order valence-electron chi connectivity index (χ0n) is 14.1. The van der Waals surface area contributed by atoms with Crippen molar-refractivity contribution in [2.75, 3.05) is 20.2 Å². The van der Waals surface area contributed by atoms with E-state index in [4.69, 9.17) is 4.74 Å². The lowest BCUT2D eigenvalue weighted by Gasteiger charge is -2.06. The molecule has 2 rings (SSSR count). The van der Waals surface area contributed by atoms with E-state index in [0.717, 1.165) is 0 Å². The van der Waals surface area contributed by atoms with Gasteiger partial charge in [-0.05, 0) is 48.0 Å². The Bertz CT molecular complexity index is 805. The molecule has 0 aliphatic heterocycles. The number of ether oxygens (including phenoxy) is 1. The van der Waals surface area contributed by atoms with Crippen LogP contribution in [0.5, 0.6) is 5.75 Å². The highest BCUT2D eigenvalue weighted by Gasteiger charge is 2.05. The Balaban J connectivity index is 1.74. The van der Waals surface area contributed by atoms with Crippen LogP contribution < -0.4 is 15.4 Å². The lowest BCUT2D eigenvalue weighted by atomic mass is 10.2. The fourth-order valence-corrected chi connectivity index (χ4v) is 2.08. The van der Waals surface area contributed by atoms with Gasteiger partial charge in [-0.15, -0.1) is 0 Å². The van der Waals surface area contributed by atoms with Crippen LogP contribution in [0.15, 0.2) is 48.5 Å². The number of carbonyl (C=O) groups excluding carboxylic acids is 2. The molecule has 0 spiro atoms. The summed E-state index contributed by atoms with van der Waals surface area (Å²) in [5, 5.41) is 5.19. The Labute approximate surface area is 149 Å². The minimum Gasteiger partial charge on any atom is -0.494 e. The van der Waals surface area contributed by atoms with Crippen molar-refractivity contribution in [1.82, 2.24) is 10.6 Å². The summed E-state index contributed by atoms with van der Waals surface area (Å²) < 4.78 is 31.1. The first-order chi connectivity index (χ1) is 12.5. The highest BCUT2D eigenvalue weighted by Crippen LogP contribution is 2.18. The van der Waals surface area contributed by atoms with Crippen molar-refractivity contribution >= 4 is 17.9 Å². The summed E-state index contributed by atoms with van der Waals surface area (Å²) in [6.07, 6.45) is 2.73. The van der Waals surface area contributed by atoms with Crippen LogP contribution >= 0.6 is 0 Å². The molecule has 7 heteroatoms. The molecule has 2 aromatic carbocycles. The van der Waals surface area contributed by atoms with E-state index in [-0.39, 0.29) is 30.7 Å². The number of methoxy groups -OCH3 is 1. The Hall–Kier alpha value is -3.22. The molecule has 5 nitrogen and oxygen atoms in total.